The van der Waals surface area contributed by atoms with E-state index in [2.05, 4.69) is 21.2 Å². The molecule has 4 heteroatoms. The topological polar surface area (TPSA) is 61.5 Å². The Hall–Kier alpha value is -2.10. The molecular formula is C12H11N3O. The first-order valence-electron chi connectivity index (χ1n) is 5.13. The van der Waals surface area contributed by atoms with Crippen LogP contribution in [0.2, 0.25) is 0 Å². The van der Waals surface area contributed by atoms with Crippen molar-refractivity contribution in [2.24, 2.45) is 0 Å². The lowest BCUT2D eigenvalue weighted by Gasteiger charge is -2.03. The van der Waals surface area contributed by atoms with Crippen molar-refractivity contribution in [3.8, 4) is 0 Å². The summed E-state index contributed by atoms with van der Waals surface area (Å²) in [7, 11) is 0. The Labute approximate surface area is 91.3 Å². The molecule has 80 valence electrons. The smallest absolute Gasteiger partial charge is 0.273 e. The van der Waals surface area contributed by atoms with Crippen LogP contribution >= 0.6 is 0 Å². The molecule has 0 saturated carbocycles. The zero-order chi connectivity index (χ0) is 11.3. The lowest BCUT2D eigenvalue weighted by molar-refractivity contribution is 1.08. The minimum Gasteiger partial charge on any atom is -0.297 e. The molecule has 2 heterocycles. The molecule has 0 aliphatic carbocycles. The van der Waals surface area contributed by atoms with Gasteiger partial charge in [-0.25, -0.2) is 0 Å². The Morgan fingerprint density at radius 2 is 2.00 bits per heavy atom. The highest BCUT2D eigenvalue weighted by atomic mass is 16.1. The molecule has 0 amide bonds. The minimum atomic E-state index is -0.121. The van der Waals surface area contributed by atoms with E-state index in [1.165, 1.54) is 5.56 Å². The van der Waals surface area contributed by atoms with Crippen LogP contribution in [0.25, 0.3) is 21.8 Å². The van der Waals surface area contributed by atoms with Crippen LogP contribution in [0, 0.1) is 13.8 Å². The first kappa shape index (κ1) is 9.15. The molecule has 2 N–H and O–H groups in total. The molecule has 16 heavy (non-hydrogen) atoms. The van der Waals surface area contributed by atoms with Gasteiger partial charge in [0.05, 0.1) is 16.4 Å². The summed E-state index contributed by atoms with van der Waals surface area (Å²) in [5.41, 5.74) is 3.94. The van der Waals surface area contributed by atoms with Gasteiger partial charge in [0.2, 0.25) is 0 Å². The van der Waals surface area contributed by atoms with E-state index in [1.54, 1.807) is 6.20 Å². The monoisotopic (exact) mass is 213 g/mol. The number of aryl methyl sites for hydroxylation is 2. The van der Waals surface area contributed by atoms with E-state index in [9.17, 15) is 4.79 Å². The van der Waals surface area contributed by atoms with Gasteiger partial charge in [-0.05, 0) is 31.0 Å². The van der Waals surface area contributed by atoms with Crippen LogP contribution < -0.4 is 5.56 Å². The number of aromatic amines is 2. The zero-order valence-electron chi connectivity index (χ0n) is 9.09. The maximum Gasteiger partial charge on any atom is 0.273 e. The summed E-state index contributed by atoms with van der Waals surface area (Å²) in [6, 6.07) is 4.11. The second-order valence-corrected chi connectivity index (χ2v) is 4.10. The summed E-state index contributed by atoms with van der Waals surface area (Å²) in [5.74, 6) is 0. The molecule has 0 aliphatic rings. The first-order chi connectivity index (χ1) is 7.66. The van der Waals surface area contributed by atoms with Crippen LogP contribution in [0.3, 0.4) is 0 Å². The maximum atomic E-state index is 11.5. The molecule has 0 saturated heterocycles. The zero-order valence-corrected chi connectivity index (χ0v) is 9.09. The number of aromatic nitrogens is 3. The van der Waals surface area contributed by atoms with Gasteiger partial charge < -0.3 is 0 Å². The summed E-state index contributed by atoms with van der Waals surface area (Å²) < 4.78 is 0. The third kappa shape index (κ3) is 1.10. The van der Waals surface area contributed by atoms with E-state index < -0.39 is 0 Å². The summed E-state index contributed by atoms with van der Waals surface area (Å²) in [5, 5.41) is 7.13. The summed E-state index contributed by atoms with van der Waals surface area (Å²) in [6.07, 6.45) is 1.62. The molecule has 0 unspecified atom stereocenters. The quantitative estimate of drug-likeness (QED) is 0.600. The maximum absolute atomic E-state index is 11.5. The number of benzene rings is 1. The number of nitrogens with zero attached hydrogens (tertiary/aromatic N) is 1. The number of rotatable bonds is 0. The van der Waals surface area contributed by atoms with Crippen LogP contribution in [-0.2, 0) is 0 Å². The van der Waals surface area contributed by atoms with Gasteiger partial charge in [-0.1, -0.05) is 6.07 Å². The van der Waals surface area contributed by atoms with Gasteiger partial charge in [-0.2, -0.15) is 0 Å². The second-order valence-electron chi connectivity index (χ2n) is 4.10. The van der Waals surface area contributed by atoms with Crippen LogP contribution in [-0.4, -0.2) is 15.2 Å². The lowest BCUT2D eigenvalue weighted by Crippen LogP contribution is -1.97. The Morgan fingerprint density at radius 3 is 2.81 bits per heavy atom. The van der Waals surface area contributed by atoms with Gasteiger partial charge in [-0.3, -0.25) is 20.0 Å². The van der Waals surface area contributed by atoms with E-state index in [4.69, 9.17) is 0 Å². The van der Waals surface area contributed by atoms with Gasteiger partial charge in [0.15, 0.2) is 0 Å². The number of hydrogen-bond donors (Lipinski definition) is 2. The van der Waals surface area contributed by atoms with Crippen molar-refractivity contribution in [2.75, 3.05) is 0 Å². The molecule has 0 spiro atoms. The molecule has 3 rings (SSSR count). The standard InChI is InChI=1S/C12H11N3O/c1-6-3-7(2)10-9(4-6)13-5-8-11(10)14-15-12(8)16/h3-5H,1-2H3,(H2,14,15,16). The Bertz CT molecular complexity index is 752. The molecule has 0 atom stereocenters. The lowest BCUT2D eigenvalue weighted by atomic mass is 10.0. The number of fused-ring (bicyclic) bond motifs is 3. The van der Waals surface area contributed by atoms with Crippen LogP contribution in [0.4, 0.5) is 0 Å². The van der Waals surface area contributed by atoms with Gasteiger partial charge in [0.25, 0.3) is 5.56 Å². The average molecular weight is 213 g/mol. The summed E-state index contributed by atoms with van der Waals surface area (Å²) in [6.45, 7) is 4.07. The fraction of sp³-hybridized carbons (Fsp3) is 0.167. The average Bonchev–Trinajstić information content (AvgIpc) is 2.59. The van der Waals surface area contributed by atoms with Crippen LogP contribution in [0.1, 0.15) is 11.1 Å². The van der Waals surface area contributed by atoms with Crippen molar-refractivity contribution in [1.82, 2.24) is 15.2 Å². The predicted octanol–water partition coefficient (Wildman–Crippen LogP) is 2.02. The van der Waals surface area contributed by atoms with Crippen molar-refractivity contribution < 1.29 is 0 Å². The Morgan fingerprint density at radius 1 is 1.19 bits per heavy atom. The molecular weight excluding hydrogens is 202 g/mol. The highest BCUT2D eigenvalue weighted by molar-refractivity contribution is 6.04. The van der Waals surface area contributed by atoms with E-state index in [0.29, 0.717) is 5.39 Å². The Balaban J connectivity index is 2.65. The molecule has 1 aromatic carbocycles. The van der Waals surface area contributed by atoms with E-state index in [1.807, 2.05) is 19.9 Å². The van der Waals surface area contributed by atoms with Crippen molar-refractivity contribution in [1.29, 1.82) is 0 Å². The fourth-order valence-electron chi connectivity index (χ4n) is 2.19. The SMILES string of the molecule is Cc1cc(C)c2c(c1)ncc1c(=O)[nH][nH]c12. The highest BCUT2D eigenvalue weighted by Crippen LogP contribution is 2.24. The van der Waals surface area contributed by atoms with Crippen molar-refractivity contribution in [3.05, 3.63) is 39.8 Å². The van der Waals surface area contributed by atoms with Gasteiger partial charge >= 0.3 is 0 Å². The third-order valence-corrected chi connectivity index (χ3v) is 2.86. The van der Waals surface area contributed by atoms with Gasteiger partial charge in [-0.15, -0.1) is 0 Å². The third-order valence-electron chi connectivity index (χ3n) is 2.86. The van der Waals surface area contributed by atoms with Crippen molar-refractivity contribution >= 4 is 21.8 Å². The molecule has 0 radical (unpaired) electrons. The molecule has 4 nitrogen and oxygen atoms in total. The van der Waals surface area contributed by atoms with E-state index in [0.717, 1.165) is 22.0 Å². The number of pyridine rings is 1. The van der Waals surface area contributed by atoms with Crippen molar-refractivity contribution in [3.63, 3.8) is 0 Å². The largest absolute Gasteiger partial charge is 0.297 e. The highest BCUT2D eigenvalue weighted by Gasteiger charge is 2.08. The molecule has 0 fully saturated rings. The van der Waals surface area contributed by atoms with Crippen LogP contribution in [0.5, 0.6) is 0 Å². The minimum absolute atomic E-state index is 0.121. The van der Waals surface area contributed by atoms with Gasteiger partial charge in [0.1, 0.15) is 0 Å². The van der Waals surface area contributed by atoms with E-state index >= 15 is 0 Å². The fourth-order valence-corrected chi connectivity index (χ4v) is 2.19. The Kier molecular flexibility index (Phi) is 1.68. The number of H-pyrrole nitrogens is 2. The number of nitrogens with one attached hydrogen (secondary N) is 2. The molecule has 3 aromatic rings. The molecule has 0 bridgehead atoms. The second kappa shape index (κ2) is 2.95. The number of hydrogen-bond acceptors (Lipinski definition) is 2. The van der Waals surface area contributed by atoms with E-state index in [-0.39, 0.29) is 5.56 Å². The predicted molar refractivity (Wildman–Crippen MR) is 63.7 cm³/mol. The van der Waals surface area contributed by atoms with Gasteiger partial charge in [0, 0.05) is 11.6 Å². The first-order valence-corrected chi connectivity index (χ1v) is 5.13. The van der Waals surface area contributed by atoms with Crippen molar-refractivity contribution in [2.45, 2.75) is 13.8 Å². The summed E-state index contributed by atoms with van der Waals surface area (Å²) >= 11 is 0. The van der Waals surface area contributed by atoms with Crippen LogP contribution in [0.15, 0.2) is 23.1 Å². The molecule has 2 aromatic heterocycles. The summed E-state index contributed by atoms with van der Waals surface area (Å²) in [4.78, 5) is 15.8. The molecule has 0 aliphatic heterocycles. The normalized spacial score (nSPS) is 11.4.